The fourth-order valence-electron chi connectivity index (χ4n) is 4.56. The Hall–Kier alpha value is -4.22. The Morgan fingerprint density at radius 1 is 0.533 bits per heavy atom. The van der Waals surface area contributed by atoms with Gasteiger partial charge in [-0.15, -0.1) is 0 Å². The lowest BCUT2D eigenvalue weighted by molar-refractivity contribution is -0.189. The zero-order valence-electron chi connectivity index (χ0n) is 23.7. The van der Waals surface area contributed by atoms with Crippen LogP contribution in [0.15, 0.2) is 66.7 Å². The van der Waals surface area contributed by atoms with Gasteiger partial charge >= 0.3 is 12.2 Å². The highest BCUT2D eigenvalue weighted by atomic mass is 19.3. The summed E-state index contributed by atoms with van der Waals surface area (Å²) in [5, 5.41) is 0. The van der Waals surface area contributed by atoms with Crippen LogP contribution < -0.4 is 9.47 Å². The van der Waals surface area contributed by atoms with Gasteiger partial charge in [-0.25, -0.2) is 26.3 Å². The number of unbranched alkanes of at least 4 members (excludes halogenated alkanes) is 2. The van der Waals surface area contributed by atoms with Crippen LogP contribution in [0.25, 0.3) is 0 Å². The molecule has 0 aromatic heterocycles. The molecule has 0 radical (unpaired) electrons. The molecule has 0 aliphatic heterocycles. The number of alkyl halides is 4. The van der Waals surface area contributed by atoms with Crippen LogP contribution in [0, 0.1) is 34.9 Å². The molecule has 0 N–H and O–H groups in total. The Bertz CT molecular complexity index is 1590. The molecule has 0 aliphatic rings. The monoisotopic (exact) mass is 644 g/mol. The number of hydrogen-bond acceptors (Lipinski definition) is 2. The maximum atomic E-state index is 14.7. The van der Waals surface area contributed by atoms with Crippen molar-refractivity contribution < 1.29 is 53.4 Å². The molecule has 0 bridgehead atoms. The predicted octanol–water partition coefficient (Wildman–Crippen LogP) is 10.3. The Kier molecular flexibility index (Phi) is 10.3. The van der Waals surface area contributed by atoms with Crippen molar-refractivity contribution in [2.45, 2.75) is 57.7 Å². The van der Waals surface area contributed by atoms with Gasteiger partial charge in [0.05, 0.1) is 5.56 Å². The summed E-state index contributed by atoms with van der Waals surface area (Å²) < 4.78 is 151. The van der Waals surface area contributed by atoms with Gasteiger partial charge in [0.15, 0.2) is 17.5 Å². The molecule has 4 aromatic carbocycles. The first kappa shape index (κ1) is 33.7. The number of ether oxygens (including phenoxy) is 2. The van der Waals surface area contributed by atoms with E-state index in [9.17, 15) is 43.9 Å². The van der Waals surface area contributed by atoms with E-state index in [-0.39, 0.29) is 36.1 Å². The minimum atomic E-state index is -4.76. The number of rotatable bonds is 13. The summed E-state index contributed by atoms with van der Waals surface area (Å²) in [7, 11) is 0. The molecule has 0 heterocycles. The number of benzene rings is 4. The fourth-order valence-corrected chi connectivity index (χ4v) is 4.56. The molecule has 0 unspecified atom stereocenters. The van der Waals surface area contributed by atoms with Gasteiger partial charge in [0, 0.05) is 18.2 Å². The molecule has 4 aromatic rings. The van der Waals surface area contributed by atoms with Crippen molar-refractivity contribution in [1.29, 1.82) is 0 Å². The zero-order chi connectivity index (χ0) is 32.9. The molecular weight excluding hydrogens is 618 g/mol. The molecule has 0 atom stereocenters. The Morgan fingerprint density at radius 2 is 1.11 bits per heavy atom. The largest absolute Gasteiger partial charge is 0.432 e. The van der Waals surface area contributed by atoms with Crippen molar-refractivity contribution in [3.8, 4) is 11.5 Å². The Labute approximate surface area is 252 Å². The average Bonchev–Trinajstić information content (AvgIpc) is 2.95. The van der Waals surface area contributed by atoms with Gasteiger partial charge in [0.2, 0.25) is 0 Å². The van der Waals surface area contributed by atoms with E-state index in [1.54, 1.807) is 12.1 Å². The summed E-state index contributed by atoms with van der Waals surface area (Å²) in [5.41, 5.74) is -1.62. The molecule has 0 fully saturated rings. The van der Waals surface area contributed by atoms with E-state index in [1.165, 1.54) is 12.1 Å². The van der Waals surface area contributed by atoms with Crippen LogP contribution in [0.3, 0.4) is 0 Å². The van der Waals surface area contributed by atoms with Crippen LogP contribution >= 0.6 is 0 Å². The normalized spacial score (nSPS) is 12.0. The van der Waals surface area contributed by atoms with Crippen LogP contribution in [0.4, 0.5) is 43.9 Å². The first-order chi connectivity index (χ1) is 21.2. The highest BCUT2D eigenvalue weighted by molar-refractivity contribution is 5.34. The molecule has 45 heavy (non-hydrogen) atoms. The lowest BCUT2D eigenvalue weighted by Gasteiger charge is -2.20. The maximum Gasteiger partial charge on any atom is 0.432 e. The minimum absolute atomic E-state index is 0.0407. The molecule has 240 valence electrons. The molecule has 2 nitrogen and oxygen atoms in total. The van der Waals surface area contributed by atoms with E-state index in [4.69, 9.17) is 4.74 Å². The molecule has 0 spiro atoms. The third-order valence-electron chi connectivity index (χ3n) is 6.91. The van der Waals surface area contributed by atoms with Gasteiger partial charge in [-0.05, 0) is 72.7 Å². The van der Waals surface area contributed by atoms with Crippen molar-refractivity contribution in [3.63, 3.8) is 0 Å². The van der Waals surface area contributed by atoms with Gasteiger partial charge in [-0.3, -0.25) is 0 Å². The maximum absolute atomic E-state index is 14.7. The van der Waals surface area contributed by atoms with Crippen LogP contribution in [0.2, 0.25) is 0 Å². The third kappa shape index (κ3) is 8.29. The minimum Gasteiger partial charge on any atom is -0.429 e. The highest BCUT2D eigenvalue weighted by Gasteiger charge is 2.41. The summed E-state index contributed by atoms with van der Waals surface area (Å²) in [4.78, 5) is 0. The first-order valence-corrected chi connectivity index (χ1v) is 13.8. The fraction of sp³-hybridized carbons (Fsp3) is 0.273. The highest BCUT2D eigenvalue weighted by Crippen LogP contribution is 2.37. The van der Waals surface area contributed by atoms with E-state index in [2.05, 4.69) is 11.7 Å². The lowest BCUT2D eigenvalue weighted by atomic mass is 10.0. The van der Waals surface area contributed by atoms with Crippen molar-refractivity contribution in [1.82, 2.24) is 0 Å². The van der Waals surface area contributed by atoms with Crippen LogP contribution in [-0.2, 0) is 31.5 Å². The van der Waals surface area contributed by atoms with Gasteiger partial charge in [-0.1, -0.05) is 38.0 Å². The second kappa shape index (κ2) is 13.8. The summed E-state index contributed by atoms with van der Waals surface area (Å²) in [6.07, 6.45) is -5.27. The van der Waals surface area contributed by atoms with Crippen molar-refractivity contribution in [2.75, 3.05) is 0 Å². The second-order valence-corrected chi connectivity index (χ2v) is 10.3. The molecule has 0 saturated carbocycles. The van der Waals surface area contributed by atoms with Gasteiger partial charge < -0.3 is 9.47 Å². The lowest BCUT2D eigenvalue weighted by Crippen LogP contribution is -2.25. The average molecular weight is 645 g/mol. The van der Waals surface area contributed by atoms with Gasteiger partial charge in [0.25, 0.3) is 0 Å². The molecule has 0 saturated heterocycles. The second-order valence-electron chi connectivity index (χ2n) is 10.3. The topological polar surface area (TPSA) is 18.5 Å². The molecule has 12 heteroatoms. The van der Waals surface area contributed by atoms with E-state index in [0.717, 1.165) is 49.4 Å². The van der Waals surface area contributed by atoms with Crippen LogP contribution in [-0.4, -0.2) is 0 Å². The van der Waals surface area contributed by atoms with E-state index in [1.807, 2.05) is 0 Å². The Morgan fingerprint density at radius 3 is 1.69 bits per heavy atom. The first-order valence-electron chi connectivity index (χ1n) is 13.8. The predicted molar refractivity (Wildman–Crippen MR) is 145 cm³/mol. The van der Waals surface area contributed by atoms with Crippen molar-refractivity contribution in [3.05, 3.63) is 129 Å². The third-order valence-corrected chi connectivity index (χ3v) is 6.91. The quantitative estimate of drug-likeness (QED) is 0.0820. The van der Waals surface area contributed by atoms with Gasteiger partial charge in [-0.2, -0.15) is 17.6 Å². The molecular formula is C33H26F10O2. The van der Waals surface area contributed by atoms with Crippen molar-refractivity contribution >= 4 is 0 Å². The summed E-state index contributed by atoms with van der Waals surface area (Å²) in [6.45, 7) is 2.05. The SMILES string of the molecule is CCCCCc1ccc(C(F)(F)Oc2ccc(CCc3cc(F)c(C(F)(F)Oc4cc(F)c(F)c(F)c4)c(F)c3)c(F)c2)cc1. The number of halogens is 10. The van der Waals surface area contributed by atoms with E-state index in [0.29, 0.717) is 12.1 Å². The van der Waals surface area contributed by atoms with E-state index < -0.39 is 69.7 Å². The summed E-state index contributed by atoms with van der Waals surface area (Å²) in [6, 6.07) is 9.81. The number of hydrogen-bond donors (Lipinski definition) is 0. The van der Waals surface area contributed by atoms with Crippen LogP contribution in [0.5, 0.6) is 11.5 Å². The molecule has 4 rings (SSSR count). The summed E-state index contributed by atoms with van der Waals surface area (Å²) >= 11 is 0. The van der Waals surface area contributed by atoms with Crippen LogP contribution in [0.1, 0.15) is 54.0 Å². The zero-order valence-corrected chi connectivity index (χ0v) is 23.7. The van der Waals surface area contributed by atoms with Gasteiger partial charge in [0.1, 0.15) is 34.5 Å². The smallest absolute Gasteiger partial charge is 0.429 e. The summed E-state index contributed by atoms with van der Waals surface area (Å²) in [5.74, 6) is -11.9. The van der Waals surface area contributed by atoms with E-state index >= 15 is 0 Å². The number of aryl methyl sites for hydroxylation is 3. The Balaban J connectivity index is 1.41. The van der Waals surface area contributed by atoms with Crippen molar-refractivity contribution in [2.24, 2.45) is 0 Å². The molecule has 0 aliphatic carbocycles. The molecule has 0 amide bonds. The standard InChI is InChI=1S/C33H26F10O2/c1-2-3-4-5-19-7-11-22(12-8-19)32(40,41)44-23-13-10-21(25(34)16-23)9-6-20-14-26(35)30(27(36)15-20)33(42,43)45-24-17-28(37)31(39)29(38)18-24/h7-8,10-18H,2-6,9H2,1H3.